The van der Waals surface area contributed by atoms with Crippen LogP contribution in [-0.4, -0.2) is 74.4 Å². The number of nitro benzene ring substituents is 2. The third-order valence-electron chi connectivity index (χ3n) is 10.0. The zero-order valence-electron chi connectivity index (χ0n) is 25.8. The van der Waals surface area contributed by atoms with Crippen molar-refractivity contribution in [2.24, 2.45) is 17.8 Å². The molecule has 2 aliphatic carbocycles. The minimum atomic E-state index is -2.03. The number of carbonyl (C=O) groups excluding carboxylic acids is 4. The number of nitrogens with zero attached hydrogens (tertiary/aromatic N) is 5. The van der Waals surface area contributed by atoms with E-state index in [1.165, 1.54) is 26.0 Å². The summed E-state index contributed by atoms with van der Waals surface area (Å²) in [5.41, 5.74) is -0.0485. The number of hydrogen-bond donors (Lipinski definition) is 1. The molecule has 6 atom stereocenters. The van der Waals surface area contributed by atoms with Crippen LogP contribution in [0.2, 0.25) is 0 Å². The van der Waals surface area contributed by atoms with Gasteiger partial charge in [0.1, 0.15) is 5.75 Å². The van der Waals surface area contributed by atoms with E-state index in [-0.39, 0.29) is 30.0 Å². The summed E-state index contributed by atoms with van der Waals surface area (Å²) in [6.07, 6.45) is 1.46. The van der Waals surface area contributed by atoms with Crippen LogP contribution < -0.4 is 9.80 Å². The van der Waals surface area contributed by atoms with Gasteiger partial charge in [-0.1, -0.05) is 23.8 Å². The van der Waals surface area contributed by atoms with Gasteiger partial charge in [0, 0.05) is 39.2 Å². The molecule has 47 heavy (non-hydrogen) atoms. The van der Waals surface area contributed by atoms with Crippen molar-refractivity contribution in [2.45, 2.75) is 42.4 Å². The largest absolute Gasteiger partial charge is 0.507 e. The Kier molecular flexibility index (Phi) is 7.22. The van der Waals surface area contributed by atoms with Crippen molar-refractivity contribution in [3.63, 3.8) is 0 Å². The number of amides is 4. The van der Waals surface area contributed by atoms with Gasteiger partial charge in [-0.25, -0.2) is 4.90 Å². The second kappa shape index (κ2) is 10.5. The van der Waals surface area contributed by atoms with Gasteiger partial charge in [0.15, 0.2) is 15.4 Å². The number of nitro groups is 2. The number of imide groups is 2. The number of allylic oxidation sites excluding steroid dienone is 2. The lowest BCUT2D eigenvalue weighted by Crippen LogP contribution is -2.60. The maximum atomic E-state index is 14.3. The van der Waals surface area contributed by atoms with Gasteiger partial charge in [0.25, 0.3) is 11.8 Å². The van der Waals surface area contributed by atoms with Crippen molar-refractivity contribution in [1.82, 2.24) is 4.90 Å². The Balaban J connectivity index is 1.52. The van der Waals surface area contributed by atoms with E-state index < -0.39 is 78.3 Å². The molecule has 0 bridgehead atoms. The lowest BCUT2D eigenvalue weighted by atomic mass is 9.56. The fourth-order valence-corrected chi connectivity index (χ4v) is 9.00. The molecule has 0 aromatic heterocycles. The molecule has 1 N–H and O–H groups in total. The van der Waals surface area contributed by atoms with Gasteiger partial charge in [-0.2, -0.15) is 0 Å². The fourth-order valence-electron chi connectivity index (χ4n) is 7.98. The molecule has 2 aromatic rings. The molecule has 4 amide bonds. The smallest absolute Gasteiger partial charge is 0.301 e. The molecule has 6 rings (SSSR count). The van der Waals surface area contributed by atoms with E-state index in [2.05, 4.69) is 0 Å². The number of alkyl halides is 2. The molecule has 0 radical (unpaired) electrons. The highest BCUT2D eigenvalue weighted by molar-refractivity contribution is 6.53. The lowest BCUT2D eigenvalue weighted by molar-refractivity contribution is -0.392. The third kappa shape index (κ3) is 4.16. The number of aryl methyl sites for hydroxylation is 2. The molecule has 2 aliphatic heterocycles. The first-order valence-electron chi connectivity index (χ1n) is 14.6. The van der Waals surface area contributed by atoms with Gasteiger partial charge < -0.3 is 10.0 Å². The van der Waals surface area contributed by atoms with Gasteiger partial charge in [0.05, 0.1) is 27.4 Å². The molecular weight excluding hydrogens is 657 g/mol. The molecule has 2 aromatic carbocycles. The Bertz CT molecular complexity index is 1840. The second-order valence-corrected chi connectivity index (χ2v) is 14.0. The average Bonchev–Trinajstić information content (AvgIpc) is 3.33. The zero-order chi connectivity index (χ0) is 34.7. The standard InChI is InChI=1S/C31H29Cl2N5O9/c1-13-8-15(9-14(2)25(13)39)23-17-6-7-18-22(19(17)12-30(32)28(42)35(5)29(43)31(23,30)33)27(41)36(26(18)40)16-10-20(37(44)45)24(34(3)4)21(11-16)38(46)47/h6,8-11,18-19,22-23,39H,7,12H2,1-5H3. The van der Waals surface area contributed by atoms with E-state index in [1.54, 1.807) is 32.1 Å². The maximum Gasteiger partial charge on any atom is 0.301 e. The number of carbonyl (C=O) groups is 4. The maximum absolute atomic E-state index is 14.3. The summed E-state index contributed by atoms with van der Waals surface area (Å²) in [6.45, 7) is 3.33. The molecule has 246 valence electrons. The summed E-state index contributed by atoms with van der Waals surface area (Å²) in [5, 5.41) is 34.5. The summed E-state index contributed by atoms with van der Waals surface area (Å²) in [4.78, 5) is 76.8. The zero-order valence-corrected chi connectivity index (χ0v) is 27.3. The molecule has 4 aliphatic rings. The Hall–Kier alpha value is -4.56. The number of likely N-dealkylation sites (tertiary alicyclic amines) is 1. The number of phenols is 1. The molecule has 2 heterocycles. The quantitative estimate of drug-likeness (QED) is 0.158. The fraction of sp³-hybridized carbons (Fsp3) is 0.419. The minimum Gasteiger partial charge on any atom is -0.507 e. The first kappa shape index (κ1) is 32.4. The highest BCUT2D eigenvalue weighted by Gasteiger charge is 2.76. The van der Waals surface area contributed by atoms with Crippen molar-refractivity contribution < 1.29 is 34.1 Å². The summed E-state index contributed by atoms with van der Waals surface area (Å²) in [7, 11) is 4.06. The number of halogens is 2. The topological polar surface area (TPSA) is 185 Å². The van der Waals surface area contributed by atoms with Gasteiger partial charge in [0.2, 0.25) is 11.8 Å². The molecule has 14 nitrogen and oxygen atoms in total. The third-order valence-corrected chi connectivity index (χ3v) is 11.4. The summed E-state index contributed by atoms with van der Waals surface area (Å²) < 4.78 is 0. The van der Waals surface area contributed by atoms with Crippen LogP contribution in [-0.2, 0) is 19.2 Å². The van der Waals surface area contributed by atoms with Crippen LogP contribution in [0.15, 0.2) is 35.9 Å². The van der Waals surface area contributed by atoms with Gasteiger partial charge >= 0.3 is 11.4 Å². The van der Waals surface area contributed by atoms with Crippen LogP contribution in [0.25, 0.3) is 0 Å². The van der Waals surface area contributed by atoms with Crippen molar-refractivity contribution in [2.75, 3.05) is 30.9 Å². The van der Waals surface area contributed by atoms with Gasteiger partial charge in [-0.3, -0.25) is 44.3 Å². The van der Waals surface area contributed by atoms with Crippen LogP contribution in [0.5, 0.6) is 5.75 Å². The first-order chi connectivity index (χ1) is 21.9. The van der Waals surface area contributed by atoms with Crippen molar-refractivity contribution in [1.29, 1.82) is 0 Å². The number of anilines is 2. The average molecular weight is 687 g/mol. The van der Waals surface area contributed by atoms with Gasteiger partial charge in [-0.05, 0) is 49.3 Å². The molecule has 6 unspecified atom stereocenters. The van der Waals surface area contributed by atoms with E-state index in [0.29, 0.717) is 22.3 Å². The molecule has 2 saturated heterocycles. The van der Waals surface area contributed by atoms with Crippen molar-refractivity contribution in [3.05, 3.63) is 72.8 Å². The normalized spacial score (nSPS) is 29.8. The van der Waals surface area contributed by atoms with Crippen LogP contribution in [0.4, 0.5) is 22.7 Å². The first-order valence-corrected chi connectivity index (χ1v) is 15.4. The van der Waals surface area contributed by atoms with E-state index >= 15 is 0 Å². The minimum absolute atomic E-state index is 0.0182. The Labute approximate surface area is 277 Å². The Morgan fingerprint density at radius 3 is 1.98 bits per heavy atom. The Morgan fingerprint density at radius 1 is 0.915 bits per heavy atom. The predicted molar refractivity (Wildman–Crippen MR) is 170 cm³/mol. The number of hydrogen-bond acceptors (Lipinski definition) is 10. The Morgan fingerprint density at radius 2 is 1.47 bits per heavy atom. The van der Waals surface area contributed by atoms with Crippen molar-refractivity contribution in [3.8, 4) is 5.75 Å². The van der Waals surface area contributed by atoms with Gasteiger partial charge in [-0.15, -0.1) is 23.2 Å². The predicted octanol–water partition coefficient (Wildman–Crippen LogP) is 4.08. The number of benzene rings is 2. The molecule has 3 fully saturated rings. The van der Waals surface area contributed by atoms with Crippen molar-refractivity contribution >= 4 is 69.6 Å². The number of rotatable bonds is 5. The van der Waals surface area contributed by atoms with Crippen LogP contribution in [0, 0.1) is 51.8 Å². The van der Waals surface area contributed by atoms with E-state index in [1.807, 2.05) is 0 Å². The highest BCUT2D eigenvalue weighted by atomic mass is 35.5. The van der Waals surface area contributed by atoms with E-state index in [4.69, 9.17) is 23.2 Å². The summed E-state index contributed by atoms with van der Waals surface area (Å²) in [5.74, 6) is -7.00. The second-order valence-electron chi connectivity index (χ2n) is 12.8. The molecular formula is C31H29Cl2N5O9. The van der Waals surface area contributed by atoms with Crippen LogP contribution >= 0.6 is 23.2 Å². The van der Waals surface area contributed by atoms with E-state index in [0.717, 1.165) is 21.9 Å². The monoisotopic (exact) mass is 685 g/mol. The number of fused-ring (bicyclic) bond motifs is 4. The van der Waals surface area contributed by atoms with Crippen LogP contribution in [0.1, 0.15) is 35.4 Å². The van der Waals surface area contributed by atoms with Crippen LogP contribution in [0.3, 0.4) is 0 Å². The van der Waals surface area contributed by atoms with E-state index in [9.17, 15) is 44.5 Å². The SMILES string of the molecule is Cc1cc(C2C3=CCC4C(=O)N(c5cc([N+](=O)[O-])c(N(C)C)c([N+](=O)[O-])c5)C(=O)C4C3CC3(Cl)C(=O)N(C)C(=O)C23Cl)cc(C)c1O. The summed E-state index contributed by atoms with van der Waals surface area (Å²) >= 11 is 14.4. The molecule has 0 spiro atoms. The lowest BCUT2D eigenvalue weighted by Gasteiger charge is -2.51. The molecule has 16 heteroatoms. The highest BCUT2D eigenvalue weighted by Crippen LogP contribution is 2.65. The number of phenolic OH excluding ortho intramolecular Hbond substituents is 1. The molecule has 1 saturated carbocycles. The number of aromatic hydroxyl groups is 1. The summed E-state index contributed by atoms with van der Waals surface area (Å²) in [6, 6.07) is 5.18.